The Morgan fingerprint density at radius 2 is 2.38 bits per heavy atom. The Labute approximate surface area is 78.4 Å². The van der Waals surface area contributed by atoms with Gasteiger partial charge in [0, 0.05) is 19.4 Å². The van der Waals surface area contributed by atoms with Crippen molar-refractivity contribution in [1.29, 1.82) is 0 Å². The number of carbonyl (C=O) groups excluding carboxylic acids is 1. The molecular formula is C10H16O3. The molecule has 1 aliphatic carbocycles. The van der Waals surface area contributed by atoms with Crippen molar-refractivity contribution in [3.63, 3.8) is 0 Å². The number of ether oxygens (including phenoxy) is 2. The second kappa shape index (κ2) is 3.66. The van der Waals surface area contributed by atoms with Crippen LogP contribution in [0.5, 0.6) is 0 Å². The van der Waals surface area contributed by atoms with E-state index in [9.17, 15) is 4.79 Å². The van der Waals surface area contributed by atoms with Crippen LogP contribution in [0.1, 0.15) is 32.6 Å². The molecule has 0 aromatic rings. The Balaban J connectivity index is 1.82. The minimum absolute atomic E-state index is 0.0787. The van der Waals surface area contributed by atoms with Gasteiger partial charge in [-0.05, 0) is 18.8 Å². The molecule has 74 valence electrons. The van der Waals surface area contributed by atoms with Gasteiger partial charge < -0.3 is 9.47 Å². The Hall–Kier alpha value is -0.570. The van der Waals surface area contributed by atoms with Gasteiger partial charge in [0.25, 0.3) is 0 Å². The minimum atomic E-state index is -0.0787. The molecule has 2 rings (SSSR count). The summed E-state index contributed by atoms with van der Waals surface area (Å²) in [4.78, 5) is 11.0. The van der Waals surface area contributed by atoms with Gasteiger partial charge >= 0.3 is 5.97 Å². The summed E-state index contributed by atoms with van der Waals surface area (Å²) < 4.78 is 10.8. The zero-order chi connectivity index (χ0) is 9.26. The van der Waals surface area contributed by atoms with E-state index in [1.54, 1.807) is 0 Å². The van der Waals surface area contributed by atoms with Crippen molar-refractivity contribution in [1.82, 2.24) is 0 Å². The molecule has 3 heteroatoms. The molecule has 0 amide bonds. The molecule has 0 aromatic heterocycles. The zero-order valence-electron chi connectivity index (χ0n) is 7.99. The van der Waals surface area contributed by atoms with Crippen molar-refractivity contribution in [2.24, 2.45) is 5.92 Å². The molecule has 1 heterocycles. The quantitative estimate of drug-likeness (QED) is 0.610. The normalized spacial score (nSPS) is 37.5. The molecule has 1 aliphatic heterocycles. The highest BCUT2D eigenvalue weighted by Gasteiger charge is 2.39. The fraction of sp³-hybridized carbons (Fsp3) is 0.900. The number of fused-ring (bicyclic) bond motifs is 1. The fourth-order valence-corrected chi connectivity index (χ4v) is 2.28. The first-order valence-corrected chi connectivity index (χ1v) is 5.10. The maximum absolute atomic E-state index is 11.0. The third kappa shape index (κ3) is 1.85. The molecule has 0 bridgehead atoms. The van der Waals surface area contributed by atoms with Crippen molar-refractivity contribution in [2.45, 2.75) is 44.8 Å². The van der Waals surface area contributed by atoms with E-state index in [0.29, 0.717) is 18.4 Å². The molecular weight excluding hydrogens is 168 g/mol. The molecule has 3 atom stereocenters. The maximum atomic E-state index is 11.0. The third-order valence-electron chi connectivity index (χ3n) is 2.99. The molecule has 1 saturated carbocycles. The van der Waals surface area contributed by atoms with Gasteiger partial charge in [0.1, 0.15) is 6.10 Å². The van der Waals surface area contributed by atoms with E-state index in [1.165, 1.54) is 0 Å². The summed E-state index contributed by atoms with van der Waals surface area (Å²) in [5.41, 5.74) is 0. The molecule has 0 spiro atoms. The summed E-state index contributed by atoms with van der Waals surface area (Å²) in [5.74, 6) is 0.569. The van der Waals surface area contributed by atoms with Gasteiger partial charge in [-0.2, -0.15) is 0 Å². The predicted octanol–water partition coefficient (Wildman–Crippen LogP) is 1.51. The van der Waals surface area contributed by atoms with Gasteiger partial charge in [0.15, 0.2) is 0 Å². The van der Waals surface area contributed by atoms with Gasteiger partial charge in [0.05, 0.1) is 6.10 Å². The van der Waals surface area contributed by atoms with E-state index in [4.69, 9.17) is 9.47 Å². The first-order chi connectivity index (χ1) is 6.29. The van der Waals surface area contributed by atoms with Crippen LogP contribution in [0.2, 0.25) is 0 Å². The first-order valence-electron chi connectivity index (χ1n) is 5.10. The van der Waals surface area contributed by atoms with Crippen LogP contribution in [-0.2, 0) is 14.3 Å². The molecule has 2 aliphatic rings. The number of hydrogen-bond acceptors (Lipinski definition) is 3. The maximum Gasteiger partial charge on any atom is 0.305 e. The van der Waals surface area contributed by atoms with Crippen LogP contribution in [0.25, 0.3) is 0 Å². The van der Waals surface area contributed by atoms with E-state index >= 15 is 0 Å². The summed E-state index contributed by atoms with van der Waals surface area (Å²) in [6.45, 7) is 2.72. The lowest BCUT2D eigenvalue weighted by atomic mass is 10.1. The van der Waals surface area contributed by atoms with Crippen molar-refractivity contribution >= 4 is 5.97 Å². The summed E-state index contributed by atoms with van der Waals surface area (Å²) in [5, 5.41) is 0. The minimum Gasteiger partial charge on any atom is -0.462 e. The largest absolute Gasteiger partial charge is 0.462 e. The molecule has 0 radical (unpaired) electrons. The van der Waals surface area contributed by atoms with E-state index in [1.807, 2.05) is 6.92 Å². The SMILES string of the molecule is CCC(=O)O[C@@H]1C[C@@H]2CCO[C@@H]2C1. The highest BCUT2D eigenvalue weighted by Crippen LogP contribution is 2.37. The standard InChI is InChI=1S/C10H16O3/c1-2-10(11)13-8-5-7-3-4-12-9(7)6-8/h7-9H,2-6H2,1H3/t7-,8+,9+/m0/s1. The van der Waals surface area contributed by atoms with Gasteiger partial charge in [-0.25, -0.2) is 0 Å². The van der Waals surface area contributed by atoms with Crippen LogP contribution in [0, 0.1) is 5.92 Å². The van der Waals surface area contributed by atoms with E-state index < -0.39 is 0 Å². The Kier molecular flexibility index (Phi) is 2.54. The van der Waals surface area contributed by atoms with Gasteiger partial charge in [-0.1, -0.05) is 6.92 Å². The van der Waals surface area contributed by atoms with Crippen molar-refractivity contribution in [2.75, 3.05) is 6.61 Å². The van der Waals surface area contributed by atoms with Crippen LogP contribution >= 0.6 is 0 Å². The lowest BCUT2D eigenvalue weighted by molar-refractivity contribution is -0.148. The van der Waals surface area contributed by atoms with E-state index in [-0.39, 0.29) is 12.1 Å². The Morgan fingerprint density at radius 3 is 3.08 bits per heavy atom. The van der Waals surface area contributed by atoms with E-state index in [2.05, 4.69) is 0 Å². The van der Waals surface area contributed by atoms with Gasteiger partial charge in [-0.15, -0.1) is 0 Å². The Morgan fingerprint density at radius 1 is 1.54 bits per heavy atom. The summed E-state index contributed by atoms with van der Waals surface area (Å²) in [6.07, 6.45) is 4.04. The number of esters is 1. The lowest BCUT2D eigenvalue weighted by Gasteiger charge is -2.11. The molecule has 0 unspecified atom stereocenters. The monoisotopic (exact) mass is 184 g/mol. The second-order valence-corrected chi connectivity index (χ2v) is 3.89. The predicted molar refractivity (Wildman–Crippen MR) is 47.3 cm³/mol. The van der Waals surface area contributed by atoms with Crippen LogP contribution < -0.4 is 0 Å². The second-order valence-electron chi connectivity index (χ2n) is 3.89. The molecule has 3 nitrogen and oxygen atoms in total. The highest BCUT2D eigenvalue weighted by atomic mass is 16.5. The topological polar surface area (TPSA) is 35.5 Å². The van der Waals surface area contributed by atoms with Gasteiger partial charge in [-0.3, -0.25) is 4.79 Å². The number of hydrogen-bond donors (Lipinski definition) is 0. The number of rotatable bonds is 2. The van der Waals surface area contributed by atoms with Crippen molar-refractivity contribution in [3.05, 3.63) is 0 Å². The van der Waals surface area contributed by atoms with Crippen LogP contribution in [0.15, 0.2) is 0 Å². The van der Waals surface area contributed by atoms with Crippen molar-refractivity contribution in [3.8, 4) is 0 Å². The first kappa shape index (κ1) is 9.00. The van der Waals surface area contributed by atoms with Gasteiger partial charge in [0.2, 0.25) is 0 Å². The zero-order valence-corrected chi connectivity index (χ0v) is 7.99. The van der Waals surface area contributed by atoms with Crippen LogP contribution in [0.4, 0.5) is 0 Å². The van der Waals surface area contributed by atoms with Crippen LogP contribution in [-0.4, -0.2) is 24.8 Å². The molecule has 13 heavy (non-hydrogen) atoms. The highest BCUT2D eigenvalue weighted by molar-refractivity contribution is 5.69. The Bertz CT molecular complexity index is 190. The average molecular weight is 184 g/mol. The number of carbonyl (C=O) groups is 1. The summed E-state index contributed by atoms with van der Waals surface area (Å²) >= 11 is 0. The average Bonchev–Trinajstić information content (AvgIpc) is 2.63. The molecule has 2 fully saturated rings. The summed E-state index contributed by atoms with van der Waals surface area (Å²) in [6, 6.07) is 0. The molecule has 0 aromatic carbocycles. The third-order valence-corrected chi connectivity index (χ3v) is 2.99. The summed E-state index contributed by atoms with van der Waals surface area (Å²) in [7, 11) is 0. The van der Waals surface area contributed by atoms with Crippen LogP contribution in [0.3, 0.4) is 0 Å². The molecule has 0 N–H and O–H groups in total. The van der Waals surface area contributed by atoms with Crippen molar-refractivity contribution < 1.29 is 14.3 Å². The fourth-order valence-electron chi connectivity index (χ4n) is 2.28. The molecule has 1 saturated heterocycles. The lowest BCUT2D eigenvalue weighted by Crippen LogP contribution is -2.16. The van der Waals surface area contributed by atoms with E-state index in [0.717, 1.165) is 25.9 Å². The smallest absolute Gasteiger partial charge is 0.305 e.